The Balaban J connectivity index is 1.40. The van der Waals surface area contributed by atoms with Crippen molar-refractivity contribution >= 4 is 38.5 Å². The SMILES string of the molecule is O=S(=O)(c1ccccc1F)N1CCN(c2ncnc3c2c(-c2ccccc2)cn3-c2cccc(Cl)c2)CC1. The van der Waals surface area contributed by atoms with Gasteiger partial charge in [0.1, 0.15) is 22.9 Å². The summed E-state index contributed by atoms with van der Waals surface area (Å²) in [5.74, 6) is -0.0279. The average Bonchev–Trinajstić information content (AvgIpc) is 3.34. The van der Waals surface area contributed by atoms with E-state index in [1.165, 1.54) is 28.8 Å². The van der Waals surface area contributed by atoms with Crippen LogP contribution in [0.1, 0.15) is 0 Å². The number of benzene rings is 3. The third-order valence-electron chi connectivity index (χ3n) is 6.73. The maximum absolute atomic E-state index is 14.3. The van der Waals surface area contributed by atoms with Crippen molar-refractivity contribution in [2.45, 2.75) is 4.90 Å². The van der Waals surface area contributed by atoms with Crippen molar-refractivity contribution in [1.82, 2.24) is 18.8 Å². The molecule has 3 heterocycles. The molecule has 10 heteroatoms. The van der Waals surface area contributed by atoms with E-state index < -0.39 is 15.8 Å². The minimum atomic E-state index is -3.95. The van der Waals surface area contributed by atoms with Gasteiger partial charge in [-0.25, -0.2) is 22.8 Å². The number of hydrogen-bond acceptors (Lipinski definition) is 5. The van der Waals surface area contributed by atoms with Crippen LogP contribution in [-0.4, -0.2) is 53.4 Å². The van der Waals surface area contributed by atoms with Crippen LogP contribution in [0.25, 0.3) is 27.8 Å². The molecule has 6 rings (SSSR count). The summed E-state index contributed by atoms with van der Waals surface area (Å²) < 4.78 is 43.8. The van der Waals surface area contributed by atoms with Gasteiger partial charge in [-0.05, 0) is 35.9 Å². The Labute approximate surface area is 224 Å². The number of halogens is 2. The first-order valence-electron chi connectivity index (χ1n) is 12.1. The van der Waals surface area contributed by atoms with E-state index in [4.69, 9.17) is 11.6 Å². The Bertz CT molecular complexity index is 1740. The van der Waals surface area contributed by atoms with Crippen LogP contribution in [0.3, 0.4) is 0 Å². The van der Waals surface area contributed by atoms with E-state index in [0.717, 1.165) is 39.7 Å². The van der Waals surface area contributed by atoms with Crippen molar-refractivity contribution in [1.29, 1.82) is 0 Å². The lowest BCUT2D eigenvalue weighted by Crippen LogP contribution is -2.49. The van der Waals surface area contributed by atoms with Gasteiger partial charge in [0.05, 0.1) is 5.39 Å². The molecule has 0 saturated carbocycles. The fourth-order valence-corrected chi connectivity index (χ4v) is 6.55. The maximum atomic E-state index is 14.3. The first-order chi connectivity index (χ1) is 18.4. The number of fused-ring (bicyclic) bond motifs is 1. The molecular formula is C28H23ClFN5O2S. The molecule has 38 heavy (non-hydrogen) atoms. The number of piperazine rings is 1. The smallest absolute Gasteiger partial charge is 0.246 e. The van der Waals surface area contributed by atoms with E-state index in [2.05, 4.69) is 14.9 Å². The second-order valence-corrected chi connectivity index (χ2v) is 11.3. The van der Waals surface area contributed by atoms with Crippen LogP contribution in [0.4, 0.5) is 10.2 Å². The molecule has 0 N–H and O–H groups in total. The predicted molar refractivity (Wildman–Crippen MR) is 147 cm³/mol. The molecule has 3 aromatic carbocycles. The fraction of sp³-hybridized carbons (Fsp3) is 0.143. The second kappa shape index (κ2) is 9.83. The predicted octanol–water partition coefficient (Wildman–Crippen LogP) is 5.39. The first-order valence-corrected chi connectivity index (χ1v) is 13.9. The van der Waals surface area contributed by atoms with Gasteiger partial charge in [0.15, 0.2) is 5.65 Å². The zero-order chi connectivity index (χ0) is 26.3. The van der Waals surface area contributed by atoms with Gasteiger partial charge in [-0.2, -0.15) is 4.31 Å². The summed E-state index contributed by atoms with van der Waals surface area (Å²) in [6.45, 7) is 1.21. The molecule has 2 aromatic heterocycles. The average molecular weight is 548 g/mol. The highest BCUT2D eigenvalue weighted by Crippen LogP contribution is 2.37. The zero-order valence-electron chi connectivity index (χ0n) is 20.2. The lowest BCUT2D eigenvalue weighted by Gasteiger charge is -2.35. The normalized spacial score (nSPS) is 14.7. The van der Waals surface area contributed by atoms with E-state index in [1.54, 1.807) is 0 Å². The summed E-state index contributed by atoms with van der Waals surface area (Å²) in [6, 6.07) is 23.0. The van der Waals surface area contributed by atoms with Gasteiger partial charge in [0.25, 0.3) is 0 Å². The van der Waals surface area contributed by atoms with Gasteiger partial charge in [0, 0.05) is 48.6 Å². The molecule has 1 saturated heterocycles. The van der Waals surface area contributed by atoms with Crippen molar-refractivity contribution < 1.29 is 12.8 Å². The van der Waals surface area contributed by atoms with Crippen LogP contribution in [0, 0.1) is 5.82 Å². The molecule has 0 unspecified atom stereocenters. The standard InChI is InChI=1S/C28H23ClFN5O2S/c29-21-9-6-10-22(17-21)35-18-23(20-7-2-1-3-8-20)26-27(31-19-32-28(26)35)33-13-15-34(16-14-33)38(36,37)25-12-5-4-11-24(25)30/h1-12,17-19H,13-16H2. The van der Waals surface area contributed by atoms with Crippen molar-refractivity contribution in [2.24, 2.45) is 0 Å². The van der Waals surface area contributed by atoms with E-state index in [-0.39, 0.29) is 18.0 Å². The molecular weight excluding hydrogens is 525 g/mol. The van der Waals surface area contributed by atoms with Crippen molar-refractivity contribution in [3.05, 3.63) is 102 Å². The summed E-state index contributed by atoms with van der Waals surface area (Å²) in [4.78, 5) is 11.0. The number of nitrogens with zero attached hydrogens (tertiary/aromatic N) is 5. The highest BCUT2D eigenvalue weighted by atomic mass is 35.5. The van der Waals surface area contributed by atoms with Gasteiger partial charge >= 0.3 is 0 Å². The fourth-order valence-electron chi connectivity index (χ4n) is 4.88. The molecule has 0 radical (unpaired) electrons. The Hall–Kier alpha value is -3.79. The van der Waals surface area contributed by atoms with E-state index in [9.17, 15) is 12.8 Å². The number of aromatic nitrogens is 3. The molecule has 0 bridgehead atoms. The summed E-state index contributed by atoms with van der Waals surface area (Å²) >= 11 is 6.30. The molecule has 0 aliphatic carbocycles. The van der Waals surface area contributed by atoms with Crippen molar-refractivity contribution in [2.75, 3.05) is 31.1 Å². The molecule has 0 atom stereocenters. The van der Waals surface area contributed by atoms with E-state index in [1.807, 2.05) is 65.4 Å². The molecule has 1 fully saturated rings. The molecule has 192 valence electrons. The topological polar surface area (TPSA) is 71.3 Å². The number of anilines is 1. The minimum absolute atomic E-state index is 0.206. The third kappa shape index (κ3) is 4.32. The van der Waals surface area contributed by atoms with Gasteiger partial charge in [-0.15, -0.1) is 0 Å². The summed E-state index contributed by atoms with van der Waals surface area (Å²) in [6.07, 6.45) is 3.55. The van der Waals surface area contributed by atoms with E-state index in [0.29, 0.717) is 18.1 Å². The highest BCUT2D eigenvalue weighted by Gasteiger charge is 2.32. The van der Waals surface area contributed by atoms with Crippen LogP contribution >= 0.6 is 11.6 Å². The second-order valence-electron chi connectivity index (χ2n) is 8.98. The van der Waals surface area contributed by atoms with Gasteiger partial charge < -0.3 is 9.47 Å². The van der Waals surface area contributed by atoms with Crippen LogP contribution in [0.5, 0.6) is 0 Å². The molecule has 1 aliphatic rings. The molecule has 5 aromatic rings. The van der Waals surface area contributed by atoms with Crippen molar-refractivity contribution in [3.63, 3.8) is 0 Å². The zero-order valence-corrected chi connectivity index (χ0v) is 21.8. The Morgan fingerprint density at radius 2 is 1.58 bits per heavy atom. The minimum Gasteiger partial charge on any atom is -0.353 e. The Kier molecular flexibility index (Phi) is 6.35. The number of sulfonamides is 1. The number of rotatable bonds is 5. The largest absolute Gasteiger partial charge is 0.353 e. The summed E-state index contributed by atoms with van der Waals surface area (Å²) in [5.41, 5.74) is 3.56. The summed E-state index contributed by atoms with van der Waals surface area (Å²) in [5, 5.41) is 1.48. The van der Waals surface area contributed by atoms with Crippen LogP contribution < -0.4 is 4.90 Å². The highest BCUT2D eigenvalue weighted by molar-refractivity contribution is 7.89. The third-order valence-corrected chi connectivity index (χ3v) is 8.89. The van der Waals surface area contributed by atoms with Crippen LogP contribution in [0.15, 0.2) is 96.3 Å². The Morgan fingerprint density at radius 1 is 0.842 bits per heavy atom. The van der Waals surface area contributed by atoms with Crippen LogP contribution in [-0.2, 0) is 10.0 Å². The van der Waals surface area contributed by atoms with Gasteiger partial charge in [0.2, 0.25) is 10.0 Å². The summed E-state index contributed by atoms with van der Waals surface area (Å²) in [7, 11) is -3.95. The molecule has 0 spiro atoms. The van der Waals surface area contributed by atoms with Gasteiger partial charge in [-0.1, -0.05) is 60.1 Å². The lowest BCUT2D eigenvalue weighted by atomic mass is 10.1. The molecule has 1 aliphatic heterocycles. The lowest BCUT2D eigenvalue weighted by molar-refractivity contribution is 0.381. The molecule has 7 nitrogen and oxygen atoms in total. The number of hydrogen-bond donors (Lipinski definition) is 0. The maximum Gasteiger partial charge on any atom is 0.246 e. The monoisotopic (exact) mass is 547 g/mol. The van der Waals surface area contributed by atoms with Crippen LogP contribution in [0.2, 0.25) is 5.02 Å². The van der Waals surface area contributed by atoms with E-state index >= 15 is 0 Å². The van der Waals surface area contributed by atoms with Gasteiger partial charge in [-0.3, -0.25) is 0 Å². The Morgan fingerprint density at radius 3 is 2.32 bits per heavy atom. The van der Waals surface area contributed by atoms with Crippen molar-refractivity contribution in [3.8, 4) is 16.8 Å². The first kappa shape index (κ1) is 24.5. The molecule has 0 amide bonds. The quantitative estimate of drug-likeness (QED) is 0.295.